The molecule has 3 heteroatoms. The van der Waals surface area contributed by atoms with E-state index in [2.05, 4.69) is 32.0 Å². The number of carbonyl (C=O) groups excluding carboxylic acids is 1. The van der Waals surface area contributed by atoms with Crippen LogP contribution in [-0.2, 0) is 9.53 Å². The first-order valence-electron chi connectivity index (χ1n) is 5.42. The summed E-state index contributed by atoms with van der Waals surface area (Å²) >= 11 is 1.65. The zero-order valence-electron chi connectivity index (χ0n) is 9.87. The summed E-state index contributed by atoms with van der Waals surface area (Å²) in [4.78, 5) is 12.8. The zero-order valence-corrected chi connectivity index (χ0v) is 10.7. The summed E-state index contributed by atoms with van der Waals surface area (Å²) in [5, 5.41) is 0. The molecule has 0 radical (unpaired) electrons. The Morgan fingerprint density at radius 2 is 2.06 bits per heavy atom. The van der Waals surface area contributed by atoms with Crippen LogP contribution in [0.3, 0.4) is 0 Å². The van der Waals surface area contributed by atoms with E-state index in [-0.39, 0.29) is 10.7 Å². The summed E-state index contributed by atoms with van der Waals surface area (Å²) in [7, 11) is 1.46. The van der Waals surface area contributed by atoms with Crippen molar-refractivity contribution >= 4 is 17.7 Å². The number of esters is 1. The van der Waals surface area contributed by atoms with Gasteiger partial charge in [0.05, 0.1) is 7.11 Å². The summed E-state index contributed by atoms with van der Waals surface area (Å²) in [5.41, 5.74) is 2.49. The van der Waals surface area contributed by atoms with Crippen molar-refractivity contribution in [1.82, 2.24) is 0 Å². The van der Waals surface area contributed by atoms with Crippen molar-refractivity contribution in [3.63, 3.8) is 0 Å². The average Bonchev–Trinajstić information content (AvgIpc) is 3.02. The van der Waals surface area contributed by atoms with E-state index in [4.69, 9.17) is 4.74 Å². The SMILES string of the molecule is COC(=O)C1(Sc2ccc(C)cc2C)CC1. The molecule has 2 nitrogen and oxygen atoms in total. The van der Waals surface area contributed by atoms with E-state index in [1.165, 1.54) is 23.1 Å². The molecule has 1 fully saturated rings. The standard InChI is InChI=1S/C13H16O2S/c1-9-4-5-11(10(2)8-9)16-13(6-7-13)12(14)15-3/h4-5,8H,6-7H2,1-3H3. The van der Waals surface area contributed by atoms with Gasteiger partial charge in [0.25, 0.3) is 0 Å². The number of thioether (sulfide) groups is 1. The number of aryl methyl sites for hydroxylation is 2. The lowest BCUT2D eigenvalue weighted by atomic mass is 10.2. The Labute approximate surface area is 100 Å². The maximum atomic E-state index is 11.6. The third-order valence-electron chi connectivity index (χ3n) is 2.90. The lowest BCUT2D eigenvalue weighted by molar-refractivity contribution is -0.140. The molecule has 0 aliphatic heterocycles. The van der Waals surface area contributed by atoms with Gasteiger partial charge < -0.3 is 4.74 Å². The number of methoxy groups -OCH3 is 1. The van der Waals surface area contributed by atoms with E-state index in [1.807, 2.05) is 0 Å². The average molecular weight is 236 g/mol. The van der Waals surface area contributed by atoms with Gasteiger partial charge in [-0.1, -0.05) is 17.7 Å². The third kappa shape index (κ3) is 2.09. The fraction of sp³-hybridized carbons (Fsp3) is 0.462. The van der Waals surface area contributed by atoms with Crippen LogP contribution in [0, 0.1) is 13.8 Å². The molecule has 0 unspecified atom stereocenters. The number of rotatable bonds is 3. The van der Waals surface area contributed by atoms with Gasteiger partial charge in [0, 0.05) is 4.90 Å². The minimum absolute atomic E-state index is 0.0857. The van der Waals surface area contributed by atoms with Crippen molar-refractivity contribution in [3.05, 3.63) is 29.3 Å². The Hall–Kier alpha value is -0.960. The van der Waals surface area contributed by atoms with E-state index >= 15 is 0 Å². The highest BCUT2D eigenvalue weighted by molar-refractivity contribution is 8.01. The monoisotopic (exact) mass is 236 g/mol. The lowest BCUT2D eigenvalue weighted by Crippen LogP contribution is -2.20. The van der Waals surface area contributed by atoms with Gasteiger partial charge in [-0.15, -0.1) is 11.8 Å². The maximum absolute atomic E-state index is 11.6. The molecule has 0 spiro atoms. The first-order valence-corrected chi connectivity index (χ1v) is 6.24. The van der Waals surface area contributed by atoms with Crippen LogP contribution in [0.2, 0.25) is 0 Å². The quantitative estimate of drug-likeness (QED) is 0.754. The molecule has 1 aliphatic rings. The van der Waals surface area contributed by atoms with Crippen LogP contribution in [0.1, 0.15) is 24.0 Å². The maximum Gasteiger partial charge on any atom is 0.322 e. The summed E-state index contributed by atoms with van der Waals surface area (Å²) in [5.74, 6) is -0.0857. The van der Waals surface area contributed by atoms with Crippen LogP contribution in [0.4, 0.5) is 0 Å². The highest BCUT2D eigenvalue weighted by Crippen LogP contribution is 2.53. The van der Waals surface area contributed by atoms with Crippen molar-refractivity contribution in [3.8, 4) is 0 Å². The number of ether oxygens (including phenoxy) is 1. The molecule has 0 heterocycles. The fourth-order valence-corrected chi connectivity index (χ4v) is 3.02. The number of hydrogen-bond donors (Lipinski definition) is 0. The van der Waals surface area contributed by atoms with E-state index in [0.29, 0.717) is 0 Å². The highest BCUT2D eigenvalue weighted by Gasteiger charge is 2.52. The Bertz CT molecular complexity index is 422. The van der Waals surface area contributed by atoms with Crippen molar-refractivity contribution in [1.29, 1.82) is 0 Å². The van der Waals surface area contributed by atoms with Gasteiger partial charge in [-0.25, -0.2) is 0 Å². The molecule has 16 heavy (non-hydrogen) atoms. The number of carbonyl (C=O) groups is 1. The molecule has 2 rings (SSSR count). The van der Waals surface area contributed by atoms with Gasteiger partial charge >= 0.3 is 5.97 Å². The van der Waals surface area contributed by atoms with Crippen molar-refractivity contribution < 1.29 is 9.53 Å². The molecule has 86 valence electrons. The highest BCUT2D eigenvalue weighted by atomic mass is 32.2. The van der Waals surface area contributed by atoms with Gasteiger partial charge in [-0.05, 0) is 38.3 Å². The molecule has 0 atom stereocenters. The lowest BCUT2D eigenvalue weighted by Gasteiger charge is -2.14. The zero-order chi connectivity index (χ0) is 11.8. The molecule has 1 aromatic rings. The smallest absolute Gasteiger partial charge is 0.322 e. The molecule has 1 saturated carbocycles. The second kappa shape index (κ2) is 4.13. The Kier molecular flexibility index (Phi) is 2.98. The molecule has 0 aromatic heterocycles. The molecular weight excluding hydrogens is 220 g/mol. The predicted molar refractivity (Wildman–Crippen MR) is 65.8 cm³/mol. The molecule has 0 bridgehead atoms. The van der Waals surface area contributed by atoms with Crippen LogP contribution >= 0.6 is 11.8 Å². The van der Waals surface area contributed by atoms with E-state index < -0.39 is 0 Å². The van der Waals surface area contributed by atoms with E-state index in [1.54, 1.807) is 11.8 Å². The Morgan fingerprint density at radius 3 is 2.56 bits per heavy atom. The molecule has 0 amide bonds. The third-order valence-corrected chi connectivity index (χ3v) is 4.54. The van der Waals surface area contributed by atoms with E-state index in [9.17, 15) is 4.79 Å². The van der Waals surface area contributed by atoms with Crippen LogP contribution in [0.5, 0.6) is 0 Å². The van der Waals surface area contributed by atoms with Crippen LogP contribution in [-0.4, -0.2) is 17.8 Å². The summed E-state index contributed by atoms with van der Waals surface area (Å²) < 4.78 is 4.56. The van der Waals surface area contributed by atoms with Gasteiger partial charge in [0.2, 0.25) is 0 Å². The number of hydrogen-bond acceptors (Lipinski definition) is 3. The second-order valence-electron chi connectivity index (χ2n) is 4.36. The van der Waals surface area contributed by atoms with Gasteiger partial charge in [-0.2, -0.15) is 0 Å². The largest absolute Gasteiger partial charge is 0.468 e. The van der Waals surface area contributed by atoms with Gasteiger partial charge in [0.15, 0.2) is 0 Å². The summed E-state index contributed by atoms with van der Waals surface area (Å²) in [6, 6.07) is 6.33. The molecule has 1 aromatic carbocycles. The van der Waals surface area contributed by atoms with E-state index in [0.717, 1.165) is 12.8 Å². The summed E-state index contributed by atoms with van der Waals surface area (Å²) in [6.45, 7) is 4.16. The van der Waals surface area contributed by atoms with Gasteiger partial charge in [-0.3, -0.25) is 4.79 Å². The number of benzene rings is 1. The summed E-state index contributed by atoms with van der Waals surface area (Å²) in [6.07, 6.45) is 1.86. The van der Waals surface area contributed by atoms with Crippen molar-refractivity contribution in [2.45, 2.75) is 36.3 Å². The molecule has 0 saturated heterocycles. The normalized spacial score (nSPS) is 16.9. The van der Waals surface area contributed by atoms with Crippen LogP contribution < -0.4 is 0 Å². The van der Waals surface area contributed by atoms with Crippen LogP contribution in [0.25, 0.3) is 0 Å². The van der Waals surface area contributed by atoms with Crippen molar-refractivity contribution in [2.24, 2.45) is 0 Å². The molecule has 0 N–H and O–H groups in total. The van der Waals surface area contributed by atoms with Crippen molar-refractivity contribution in [2.75, 3.05) is 7.11 Å². The molecule has 1 aliphatic carbocycles. The first-order chi connectivity index (χ1) is 7.57. The van der Waals surface area contributed by atoms with Crippen LogP contribution in [0.15, 0.2) is 23.1 Å². The Balaban J connectivity index is 2.18. The minimum Gasteiger partial charge on any atom is -0.468 e. The fourth-order valence-electron chi connectivity index (χ4n) is 1.77. The van der Waals surface area contributed by atoms with Gasteiger partial charge in [0.1, 0.15) is 4.75 Å². The Morgan fingerprint density at radius 1 is 1.38 bits per heavy atom. The predicted octanol–water partition coefficient (Wildman–Crippen LogP) is 3.10. The second-order valence-corrected chi connectivity index (χ2v) is 5.78. The topological polar surface area (TPSA) is 26.3 Å². The minimum atomic E-state index is -0.297. The first kappa shape index (κ1) is 11.5. The molecular formula is C13H16O2S.